The van der Waals surface area contributed by atoms with Crippen molar-refractivity contribution in [2.75, 3.05) is 20.3 Å². The van der Waals surface area contributed by atoms with Gasteiger partial charge in [-0.25, -0.2) is 0 Å². The van der Waals surface area contributed by atoms with Gasteiger partial charge in [0.05, 0.1) is 12.2 Å². The zero-order chi connectivity index (χ0) is 17.0. The summed E-state index contributed by atoms with van der Waals surface area (Å²) in [5.41, 5.74) is 2.87. The molecule has 2 aromatic carbocycles. The van der Waals surface area contributed by atoms with E-state index in [2.05, 4.69) is 17.4 Å². The minimum atomic E-state index is -0.357. The summed E-state index contributed by atoms with van der Waals surface area (Å²) in [5, 5.41) is 3.01. The molecule has 0 unspecified atom stereocenters. The molecule has 4 heteroatoms. The Hall–Kier alpha value is -2.33. The molecule has 4 nitrogen and oxygen atoms in total. The van der Waals surface area contributed by atoms with Gasteiger partial charge >= 0.3 is 0 Å². The average molecular weight is 325 g/mol. The van der Waals surface area contributed by atoms with E-state index in [1.807, 2.05) is 31.2 Å². The number of fused-ring (bicyclic) bond motifs is 1. The molecule has 0 aromatic heterocycles. The highest BCUT2D eigenvalue weighted by Crippen LogP contribution is 2.32. The molecule has 1 amide bonds. The Morgan fingerprint density at radius 1 is 1.08 bits per heavy atom. The Morgan fingerprint density at radius 2 is 1.71 bits per heavy atom. The lowest BCUT2D eigenvalue weighted by Gasteiger charge is -2.27. The molecule has 3 rings (SSSR count). The number of carbonyl (C=O) groups is 1. The van der Waals surface area contributed by atoms with Crippen molar-refractivity contribution in [2.24, 2.45) is 0 Å². The summed E-state index contributed by atoms with van der Waals surface area (Å²) in [6.45, 7) is 3.04. The second-order valence-corrected chi connectivity index (χ2v) is 6.15. The third kappa shape index (κ3) is 3.44. The molecule has 1 aliphatic rings. The standard InChI is InChI=1S/C20H23NO3/c1-3-24-18-10-8-15(9-11-18)19(22)21-14-20(23-2)12-16-6-4-5-7-17(16)13-20/h4-11H,3,12-14H2,1-2H3,(H,21,22). The number of hydrogen-bond donors (Lipinski definition) is 1. The molecule has 0 radical (unpaired) electrons. The smallest absolute Gasteiger partial charge is 0.251 e. The van der Waals surface area contributed by atoms with Crippen LogP contribution in [0.4, 0.5) is 0 Å². The second kappa shape index (κ2) is 7.05. The lowest BCUT2D eigenvalue weighted by molar-refractivity contribution is 0.000176. The van der Waals surface area contributed by atoms with E-state index in [1.54, 1.807) is 19.2 Å². The van der Waals surface area contributed by atoms with Crippen LogP contribution in [0.2, 0.25) is 0 Å². The topological polar surface area (TPSA) is 47.6 Å². The molecule has 126 valence electrons. The van der Waals surface area contributed by atoms with Crippen LogP contribution in [0.3, 0.4) is 0 Å². The lowest BCUT2D eigenvalue weighted by atomic mass is 10.00. The molecule has 1 aliphatic carbocycles. The van der Waals surface area contributed by atoms with Crippen LogP contribution >= 0.6 is 0 Å². The maximum Gasteiger partial charge on any atom is 0.251 e. The molecule has 2 aromatic rings. The third-order valence-electron chi connectivity index (χ3n) is 4.58. The van der Waals surface area contributed by atoms with Crippen LogP contribution in [-0.4, -0.2) is 31.8 Å². The number of amides is 1. The number of carbonyl (C=O) groups excluding carboxylic acids is 1. The maximum atomic E-state index is 12.4. The van der Waals surface area contributed by atoms with Gasteiger partial charge in [-0.1, -0.05) is 24.3 Å². The number of hydrogen-bond acceptors (Lipinski definition) is 3. The molecule has 0 fully saturated rings. The van der Waals surface area contributed by atoms with Crippen molar-refractivity contribution in [1.82, 2.24) is 5.32 Å². The maximum absolute atomic E-state index is 12.4. The van der Waals surface area contributed by atoms with E-state index in [1.165, 1.54) is 11.1 Å². The normalized spacial score (nSPS) is 14.9. The van der Waals surface area contributed by atoms with Crippen LogP contribution in [0.15, 0.2) is 48.5 Å². The summed E-state index contributed by atoms with van der Waals surface area (Å²) in [4.78, 5) is 12.4. The molecule has 0 bridgehead atoms. The number of methoxy groups -OCH3 is 1. The number of nitrogens with one attached hydrogen (secondary N) is 1. The Kier molecular flexibility index (Phi) is 4.86. The molecular formula is C20H23NO3. The van der Waals surface area contributed by atoms with Gasteiger partial charge in [-0.15, -0.1) is 0 Å². The number of ether oxygens (including phenoxy) is 2. The van der Waals surface area contributed by atoms with E-state index >= 15 is 0 Å². The van der Waals surface area contributed by atoms with Gasteiger partial charge < -0.3 is 14.8 Å². The van der Waals surface area contributed by atoms with Crippen molar-refractivity contribution < 1.29 is 14.3 Å². The Morgan fingerprint density at radius 3 is 2.25 bits per heavy atom. The van der Waals surface area contributed by atoms with Gasteiger partial charge in [0, 0.05) is 32.1 Å². The van der Waals surface area contributed by atoms with E-state index in [4.69, 9.17) is 9.47 Å². The van der Waals surface area contributed by atoms with E-state index in [0.29, 0.717) is 18.7 Å². The molecule has 0 spiro atoms. The summed E-state index contributed by atoms with van der Waals surface area (Å²) in [5.74, 6) is 0.680. The zero-order valence-electron chi connectivity index (χ0n) is 14.2. The minimum Gasteiger partial charge on any atom is -0.494 e. The highest BCUT2D eigenvalue weighted by molar-refractivity contribution is 5.94. The fourth-order valence-electron chi connectivity index (χ4n) is 3.21. The van der Waals surface area contributed by atoms with Gasteiger partial charge in [0.15, 0.2) is 0 Å². The summed E-state index contributed by atoms with van der Waals surface area (Å²) >= 11 is 0. The van der Waals surface area contributed by atoms with E-state index in [0.717, 1.165) is 18.6 Å². The van der Waals surface area contributed by atoms with Crippen molar-refractivity contribution in [2.45, 2.75) is 25.4 Å². The SMILES string of the molecule is CCOc1ccc(C(=O)NCC2(OC)Cc3ccccc3C2)cc1. The van der Waals surface area contributed by atoms with Crippen molar-refractivity contribution in [3.8, 4) is 5.75 Å². The van der Waals surface area contributed by atoms with Gasteiger partial charge in [-0.3, -0.25) is 4.79 Å². The van der Waals surface area contributed by atoms with Crippen molar-refractivity contribution in [3.05, 3.63) is 65.2 Å². The van der Waals surface area contributed by atoms with Gasteiger partial charge in [0.25, 0.3) is 5.91 Å². The number of benzene rings is 2. The van der Waals surface area contributed by atoms with Crippen molar-refractivity contribution >= 4 is 5.91 Å². The first-order valence-electron chi connectivity index (χ1n) is 8.29. The van der Waals surface area contributed by atoms with Crippen LogP contribution in [0.5, 0.6) is 5.75 Å². The molecule has 0 saturated heterocycles. The third-order valence-corrected chi connectivity index (χ3v) is 4.58. The monoisotopic (exact) mass is 325 g/mol. The first-order valence-corrected chi connectivity index (χ1v) is 8.29. The predicted molar refractivity (Wildman–Crippen MR) is 93.5 cm³/mol. The van der Waals surface area contributed by atoms with Crippen molar-refractivity contribution in [3.63, 3.8) is 0 Å². The molecular weight excluding hydrogens is 302 g/mol. The number of rotatable bonds is 6. The van der Waals surface area contributed by atoms with Gasteiger partial charge in [0.1, 0.15) is 5.75 Å². The van der Waals surface area contributed by atoms with Crippen LogP contribution in [-0.2, 0) is 17.6 Å². The highest BCUT2D eigenvalue weighted by Gasteiger charge is 2.37. The quantitative estimate of drug-likeness (QED) is 0.888. The van der Waals surface area contributed by atoms with E-state index < -0.39 is 0 Å². The molecule has 0 saturated carbocycles. The largest absolute Gasteiger partial charge is 0.494 e. The van der Waals surface area contributed by atoms with Gasteiger partial charge in [-0.2, -0.15) is 0 Å². The average Bonchev–Trinajstić information content (AvgIpc) is 3.00. The minimum absolute atomic E-state index is 0.0922. The van der Waals surface area contributed by atoms with Crippen molar-refractivity contribution in [1.29, 1.82) is 0 Å². The molecule has 24 heavy (non-hydrogen) atoms. The highest BCUT2D eigenvalue weighted by atomic mass is 16.5. The van der Waals surface area contributed by atoms with Gasteiger partial charge in [-0.05, 0) is 42.3 Å². The van der Waals surface area contributed by atoms with Crippen LogP contribution in [0, 0.1) is 0 Å². The summed E-state index contributed by atoms with van der Waals surface area (Å²) in [6.07, 6.45) is 1.65. The molecule has 0 atom stereocenters. The Labute approximate surface area is 142 Å². The van der Waals surface area contributed by atoms with Gasteiger partial charge in [0.2, 0.25) is 0 Å². The Balaban J connectivity index is 1.63. The summed E-state index contributed by atoms with van der Waals surface area (Å²) in [6, 6.07) is 15.5. The van der Waals surface area contributed by atoms with Crippen LogP contribution in [0.1, 0.15) is 28.4 Å². The summed E-state index contributed by atoms with van der Waals surface area (Å²) in [7, 11) is 1.72. The molecule has 0 aliphatic heterocycles. The van der Waals surface area contributed by atoms with Crippen LogP contribution in [0.25, 0.3) is 0 Å². The lowest BCUT2D eigenvalue weighted by Crippen LogP contribution is -2.45. The van der Waals surface area contributed by atoms with E-state index in [-0.39, 0.29) is 11.5 Å². The fraction of sp³-hybridized carbons (Fsp3) is 0.350. The Bertz CT molecular complexity index is 684. The zero-order valence-corrected chi connectivity index (χ0v) is 14.2. The predicted octanol–water partition coefficient (Wildman–Crippen LogP) is 3.00. The molecule has 1 N–H and O–H groups in total. The van der Waals surface area contributed by atoms with E-state index in [9.17, 15) is 4.79 Å². The van der Waals surface area contributed by atoms with Crippen LogP contribution < -0.4 is 10.1 Å². The first kappa shape index (κ1) is 16.5. The molecule has 0 heterocycles. The first-order chi connectivity index (χ1) is 11.7. The second-order valence-electron chi connectivity index (χ2n) is 6.15. The summed E-state index contributed by atoms with van der Waals surface area (Å²) < 4.78 is 11.2. The fourth-order valence-corrected chi connectivity index (χ4v) is 3.21.